The number of carbonyl (C=O) groups is 2. The second kappa shape index (κ2) is 10.9. The van der Waals surface area contributed by atoms with E-state index < -0.39 is 0 Å². The van der Waals surface area contributed by atoms with E-state index in [1.807, 2.05) is 49.4 Å². The minimum Gasteiger partial charge on any atom is -0.493 e. The van der Waals surface area contributed by atoms with Crippen molar-refractivity contribution in [3.63, 3.8) is 0 Å². The van der Waals surface area contributed by atoms with Crippen molar-refractivity contribution in [1.29, 1.82) is 0 Å². The van der Waals surface area contributed by atoms with Gasteiger partial charge in [0.15, 0.2) is 11.5 Å². The molecule has 0 bridgehead atoms. The Labute approximate surface area is 200 Å². The number of benzene rings is 3. The molecular formula is C28H30N2O4. The van der Waals surface area contributed by atoms with Crippen LogP contribution in [0.3, 0.4) is 0 Å². The van der Waals surface area contributed by atoms with E-state index in [1.54, 1.807) is 37.4 Å². The van der Waals surface area contributed by atoms with Crippen LogP contribution in [0.5, 0.6) is 11.5 Å². The summed E-state index contributed by atoms with van der Waals surface area (Å²) in [5.41, 5.74) is 2.63. The van der Waals surface area contributed by atoms with Gasteiger partial charge in [-0.25, -0.2) is 0 Å². The lowest BCUT2D eigenvalue weighted by molar-refractivity contribution is 0.0938. The number of hydrogen-bond donors (Lipinski definition) is 2. The number of amides is 2. The highest BCUT2D eigenvalue weighted by molar-refractivity contribution is 6.04. The number of anilines is 1. The molecule has 1 atom stereocenters. The summed E-state index contributed by atoms with van der Waals surface area (Å²) in [5.74, 6) is 0.831. The monoisotopic (exact) mass is 458 g/mol. The van der Waals surface area contributed by atoms with Crippen LogP contribution in [0.25, 0.3) is 0 Å². The van der Waals surface area contributed by atoms with Crippen molar-refractivity contribution in [3.05, 3.63) is 89.5 Å². The highest BCUT2D eigenvalue weighted by atomic mass is 16.5. The number of hydrogen-bond acceptors (Lipinski definition) is 4. The molecule has 1 unspecified atom stereocenters. The molecule has 3 aromatic carbocycles. The number of rotatable bonds is 8. The van der Waals surface area contributed by atoms with Crippen molar-refractivity contribution in [2.45, 2.75) is 44.8 Å². The van der Waals surface area contributed by atoms with Gasteiger partial charge in [-0.15, -0.1) is 0 Å². The third kappa shape index (κ3) is 5.76. The molecule has 6 nitrogen and oxygen atoms in total. The summed E-state index contributed by atoms with van der Waals surface area (Å²) in [7, 11) is 1.58. The van der Waals surface area contributed by atoms with Crippen LogP contribution in [0, 0.1) is 0 Å². The van der Waals surface area contributed by atoms with Crippen LogP contribution in [0.15, 0.2) is 72.8 Å². The first-order chi connectivity index (χ1) is 16.5. The van der Waals surface area contributed by atoms with E-state index in [-0.39, 0.29) is 24.0 Å². The molecule has 0 radical (unpaired) electrons. The van der Waals surface area contributed by atoms with Gasteiger partial charge in [0.05, 0.1) is 19.3 Å². The van der Waals surface area contributed by atoms with Gasteiger partial charge in [0.1, 0.15) is 0 Å². The van der Waals surface area contributed by atoms with Crippen molar-refractivity contribution in [2.24, 2.45) is 0 Å². The fraction of sp³-hybridized carbons (Fsp3) is 0.286. The smallest absolute Gasteiger partial charge is 0.255 e. The zero-order valence-electron chi connectivity index (χ0n) is 19.5. The number of nitrogens with one attached hydrogen (secondary N) is 2. The topological polar surface area (TPSA) is 76.7 Å². The van der Waals surface area contributed by atoms with Crippen LogP contribution in [0.2, 0.25) is 0 Å². The summed E-state index contributed by atoms with van der Waals surface area (Å²) < 4.78 is 11.5. The van der Waals surface area contributed by atoms with Gasteiger partial charge in [0.25, 0.3) is 11.8 Å². The molecule has 3 aromatic rings. The second-order valence-corrected chi connectivity index (χ2v) is 8.53. The molecule has 2 amide bonds. The number of carbonyl (C=O) groups excluding carboxylic acids is 2. The Balaban J connectivity index is 1.41. The lowest BCUT2D eigenvalue weighted by Gasteiger charge is -2.18. The van der Waals surface area contributed by atoms with E-state index in [0.29, 0.717) is 28.3 Å². The Morgan fingerprint density at radius 2 is 1.62 bits per heavy atom. The molecule has 0 aliphatic heterocycles. The van der Waals surface area contributed by atoms with Crippen LogP contribution in [-0.2, 0) is 0 Å². The zero-order valence-corrected chi connectivity index (χ0v) is 19.5. The first kappa shape index (κ1) is 23.4. The molecule has 0 spiro atoms. The molecule has 1 aliphatic carbocycles. The fourth-order valence-corrected chi connectivity index (χ4v) is 4.13. The average molecular weight is 459 g/mol. The maximum absolute atomic E-state index is 12.9. The maximum atomic E-state index is 12.9. The maximum Gasteiger partial charge on any atom is 0.255 e. The molecule has 2 N–H and O–H groups in total. The summed E-state index contributed by atoms with van der Waals surface area (Å²) in [6, 6.07) is 21.5. The average Bonchev–Trinajstić information content (AvgIpc) is 3.38. The predicted octanol–water partition coefficient (Wildman–Crippen LogP) is 5.76. The first-order valence-electron chi connectivity index (χ1n) is 11.7. The van der Waals surface area contributed by atoms with E-state index >= 15 is 0 Å². The van der Waals surface area contributed by atoms with Crippen LogP contribution in [-0.4, -0.2) is 25.0 Å². The van der Waals surface area contributed by atoms with E-state index in [4.69, 9.17) is 9.47 Å². The Bertz CT molecular complexity index is 1140. The van der Waals surface area contributed by atoms with Gasteiger partial charge in [0, 0.05) is 16.8 Å². The molecule has 1 aliphatic rings. The highest BCUT2D eigenvalue weighted by Gasteiger charge is 2.20. The van der Waals surface area contributed by atoms with Crippen molar-refractivity contribution in [3.8, 4) is 11.5 Å². The summed E-state index contributed by atoms with van der Waals surface area (Å²) in [5, 5.41) is 5.93. The molecule has 1 saturated carbocycles. The fourth-order valence-electron chi connectivity index (χ4n) is 4.13. The molecule has 0 heterocycles. The van der Waals surface area contributed by atoms with Crippen molar-refractivity contribution in [2.75, 3.05) is 12.4 Å². The van der Waals surface area contributed by atoms with Crippen molar-refractivity contribution >= 4 is 17.5 Å². The van der Waals surface area contributed by atoms with Crippen molar-refractivity contribution < 1.29 is 19.1 Å². The molecular weight excluding hydrogens is 428 g/mol. The predicted molar refractivity (Wildman–Crippen MR) is 133 cm³/mol. The highest BCUT2D eigenvalue weighted by Crippen LogP contribution is 2.32. The van der Waals surface area contributed by atoms with Gasteiger partial charge in [-0.1, -0.05) is 30.3 Å². The molecule has 176 valence electrons. The molecule has 34 heavy (non-hydrogen) atoms. The van der Waals surface area contributed by atoms with E-state index in [1.165, 1.54) is 12.8 Å². The van der Waals surface area contributed by atoms with Gasteiger partial charge in [-0.05, 0) is 80.6 Å². The van der Waals surface area contributed by atoms with E-state index in [2.05, 4.69) is 10.6 Å². The summed E-state index contributed by atoms with van der Waals surface area (Å²) >= 11 is 0. The number of ether oxygens (including phenoxy) is 2. The summed E-state index contributed by atoms with van der Waals surface area (Å²) in [4.78, 5) is 25.4. The van der Waals surface area contributed by atoms with Crippen LogP contribution in [0.4, 0.5) is 5.69 Å². The lowest BCUT2D eigenvalue weighted by atomic mass is 10.1. The lowest BCUT2D eigenvalue weighted by Crippen LogP contribution is -2.26. The van der Waals surface area contributed by atoms with E-state index in [0.717, 1.165) is 18.4 Å². The Hall–Kier alpha value is -3.80. The van der Waals surface area contributed by atoms with Gasteiger partial charge < -0.3 is 20.1 Å². The minimum atomic E-state index is -0.263. The first-order valence-corrected chi connectivity index (χ1v) is 11.7. The van der Waals surface area contributed by atoms with Crippen molar-refractivity contribution in [1.82, 2.24) is 5.32 Å². The summed E-state index contributed by atoms with van der Waals surface area (Å²) in [6.07, 6.45) is 4.68. The second-order valence-electron chi connectivity index (χ2n) is 8.53. The Kier molecular flexibility index (Phi) is 7.48. The van der Waals surface area contributed by atoms with Crippen LogP contribution >= 0.6 is 0 Å². The largest absolute Gasteiger partial charge is 0.493 e. The quantitative estimate of drug-likeness (QED) is 0.450. The van der Waals surface area contributed by atoms with Crippen LogP contribution in [0.1, 0.15) is 64.9 Å². The Morgan fingerprint density at radius 3 is 2.35 bits per heavy atom. The Morgan fingerprint density at radius 1 is 0.853 bits per heavy atom. The normalized spacial score (nSPS) is 14.3. The van der Waals surface area contributed by atoms with Crippen LogP contribution < -0.4 is 20.1 Å². The molecule has 0 saturated heterocycles. The van der Waals surface area contributed by atoms with E-state index in [9.17, 15) is 9.59 Å². The minimum absolute atomic E-state index is 0.179. The standard InChI is InChI=1S/C28H30N2O4/c1-19(21-11-8-12-23(17-21)30-27(31)20-9-4-3-5-10-20)29-28(32)22-15-16-25(26(18-22)33-2)34-24-13-6-7-14-24/h3-5,8-12,15-19,24H,6-7,13-14H2,1-2H3,(H,29,32)(H,30,31). The summed E-state index contributed by atoms with van der Waals surface area (Å²) in [6.45, 7) is 1.91. The van der Waals surface area contributed by atoms with Gasteiger partial charge in [-0.2, -0.15) is 0 Å². The molecule has 0 aromatic heterocycles. The molecule has 1 fully saturated rings. The van der Waals surface area contributed by atoms with Gasteiger partial charge in [-0.3, -0.25) is 9.59 Å². The number of methoxy groups -OCH3 is 1. The van der Waals surface area contributed by atoms with Gasteiger partial charge in [0.2, 0.25) is 0 Å². The molecule has 6 heteroatoms. The third-order valence-electron chi connectivity index (χ3n) is 6.05. The zero-order chi connectivity index (χ0) is 23.9. The third-order valence-corrected chi connectivity index (χ3v) is 6.05. The SMILES string of the molecule is COc1cc(C(=O)NC(C)c2cccc(NC(=O)c3ccccc3)c2)ccc1OC1CCCC1. The molecule has 4 rings (SSSR count). The van der Waals surface area contributed by atoms with Gasteiger partial charge >= 0.3 is 0 Å².